The van der Waals surface area contributed by atoms with Crippen molar-refractivity contribution in [3.63, 3.8) is 0 Å². The lowest BCUT2D eigenvalue weighted by molar-refractivity contribution is -0.191. The van der Waals surface area contributed by atoms with E-state index < -0.39 is 49.4 Å². The summed E-state index contributed by atoms with van der Waals surface area (Å²) >= 11 is 0. The number of aromatic nitrogens is 3. The molecule has 2 aliphatic heterocycles. The summed E-state index contributed by atoms with van der Waals surface area (Å²) in [4.78, 5) is 14.9. The number of phosphoric ester groups is 1. The maximum Gasteiger partial charge on any atom is 0.472 e. The third-order valence-electron chi connectivity index (χ3n) is 11.1. The van der Waals surface area contributed by atoms with Crippen LogP contribution in [0.4, 0.5) is 10.2 Å². The van der Waals surface area contributed by atoms with E-state index in [1.165, 1.54) is 102 Å². The second kappa shape index (κ2) is 23.4. The highest BCUT2D eigenvalue weighted by Gasteiger charge is 2.56. The zero-order valence-corrected chi connectivity index (χ0v) is 36.9. The lowest BCUT2D eigenvalue weighted by Gasteiger charge is -2.30. The van der Waals surface area contributed by atoms with Crippen molar-refractivity contribution < 1.29 is 46.6 Å². The second-order valence-corrected chi connectivity index (χ2v) is 18.4. The number of hydrogen-bond donors (Lipinski definition) is 2. The number of anilines is 1. The molecule has 2 aromatic heterocycles. The fourth-order valence-corrected chi connectivity index (χ4v) is 8.73. The van der Waals surface area contributed by atoms with Crippen molar-refractivity contribution >= 4 is 19.2 Å². The van der Waals surface area contributed by atoms with Crippen LogP contribution in [0.5, 0.6) is 0 Å². The van der Waals surface area contributed by atoms with E-state index in [0.29, 0.717) is 29.2 Å². The first kappa shape index (κ1) is 48.0. The van der Waals surface area contributed by atoms with Crippen molar-refractivity contribution in [2.45, 2.75) is 173 Å². The number of ether oxygens (including phenoxy) is 5. The first-order valence-corrected chi connectivity index (χ1v) is 23.4. The Morgan fingerprint density at radius 1 is 0.933 bits per heavy atom. The predicted octanol–water partition coefficient (Wildman–Crippen LogP) is 9.67. The Balaban J connectivity index is 1.07. The molecule has 1 unspecified atom stereocenters. The van der Waals surface area contributed by atoms with Crippen molar-refractivity contribution in [2.75, 3.05) is 32.2 Å². The molecule has 0 saturated carbocycles. The molecule has 3 N–H and O–H groups in total. The van der Waals surface area contributed by atoms with Crippen LogP contribution in [0, 0.1) is 17.1 Å². The molecule has 6 atom stereocenters. The number of fused-ring (bicyclic) bond motifs is 2. The van der Waals surface area contributed by atoms with Gasteiger partial charge in [-0.2, -0.15) is 10.4 Å². The van der Waals surface area contributed by atoms with Crippen LogP contribution < -0.4 is 5.73 Å². The Labute approximate surface area is 355 Å². The van der Waals surface area contributed by atoms with Crippen LogP contribution in [-0.2, 0) is 43.9 Å². The molecule has 14 nitrogen and oxygen atoms in total. The molecule has 334 valence electrons. The van der Waals surface area contributed by atoms with E-state index in [-0.39, 0.29) is 32.0 Å². The van der Waals surface area contributed by atoms with Gasteiger partial charge >= 0.3 is 7.82 Å². The molecule has 2 aliphatic rings. The number of nitrogens with zero attached hydrogens (tertiary/aromatic N) is 4. The molecule has 3 aromatic rings. The van der Waals surface area contributed by atoms with Crippen LogP contribution in [0.3, 0.4) is 0 Å². The standard InChI is InChI=1S/C44H67FN5O9P/c1-5-6-7-8-9-10-11-12-13-14-15-16-17-18-19-20-23-53-30-44(4,54-28-34-24-33(27-46)25-35(45)26-34)31-56-60(51,52)55-29-38-40-41(59-43(2,3)58-40)39(57-38)36-21-22-37-42(47)48-32-49-50(36)37/h21-22,24-26,32,38-41H,5-20,23,28-31H2,1-4H3,(H,51,52)(H2,47,48,49)/t38-,39+,40-,41+,44-/m1/s1. The molecular weight excluding hydrogens is 792 g/mol. The minimum Gasteiger partial charge on any atom is -0.382 e. The smallest absolute Gasteiger partial charge is 0.382 e. The Bertz CT molecular complexity index is 1860. The van der Waals surface area contributed by atoms with Gasteiger partial charge in [-0.3, -0.25) is 9.05 Å². The van der Waals surface area contributed by atoms with Crippen molar-refractivity contribution in [3.8, 4) is 6.07 Å². The molecule has 4 heterocycles. The SMILES string of the molecule is CCCCCCCCCCCCCCCCCCOC[C@](C)(COP(=O)(O)OC[C@H]1O[C@@H](c2ccc3c(N)ncnn23)[C@@H]2OC(C)(C)O[C@@H]21)OCc1cc(F)cc(C#N)c1. The molecule has 1 aromatic carbocycles. The first-order chi connectivity index (χ1) is 28.8. The lowest BCUT2D eigenvalue weighted by atomic mass is 10.0. The summed E-state index contributed by atoms with van der Waals surface area (Å²) in [5.41, 5.74) is 6.64. The molecule has 0 spiro atoms. The third-order valence-corrected chi connectivity index (χ3v) is 12.0. The molecule has 16 heteroatoms. The fourth-order valence-electron chi connectivity index (χ4n) is 7.89. The minimum atomic E-state index is -4.69. The number of benzene rings is 1. The largest absolute Gasteiger partial charge is 0.472 e. The Hall–Kier alpha value is -3.03. The topological polar surface area (TPSA) is 182 Å². The molecule has 0 aliphatic carbocycles. The van der Waals surface area contributed by atoms with Crippen molar-refractivity contribution in [1.82, 2.24) is 14.6 Å². The van der Waals surface area contributed by atoms with Crippen LogP contribution in [0.1, 0.15) is 153 Å². The minimum absolute atomic E-state index is 0.0307. The number of nitrogen functional groups attached to an aromatic ring is 1. The molecule has 2 saturated heterocycles. The average molecular weight is 860 g/mol. The Kier molecular flexibility index (Phi) is 18.7. The fraction of sp³-hybridized carbons (Fsp3) is 0.705. The number of nitrogens with two attached hydrogens (primary N) is 1. The van der Waals surface area contributed by atoms with E-state index in [1.807, 2.05) is 12.1 Å². The summed E-state index contributed by atoms with van der Waals surface area (Å²) < 4.78 is 71.1. The van der Waals surface area contributed by atoms with Crippen molar-refractivity contribution in [1.29, 1.82) is 5.26 Å². The number of unbranched alkanes of at least 4 members (excludes halogenated alkanes) is 15. The first-order valence-electron chi connectivity index (χ1n) is 21.9. The third kappa shape index (κ3) is 14.8. The van der Waals surface area contributed by atoms with Gasteiger partial charge in [-0.1, -0.05) is 103 Å². The molecule has 0 bridgehead atoms. The van der Waals surface area contributed by atoms with Crippen LogP contribution >= 0.6 is 7.82 Å². The molecule has 2 fully saturated rings. The van der Waals surface area contributed by atoms with E-state index in [9.17, 15) is 19.1 Å². The molecule has 0 radical (unpaired) electrons. The highest BCUT2D eigenvalue weighted by Crippen LogP contribution is 2.49. The second-order valence-electron chi connectivity index (χ2n) is 17.0. The number of nitriles is 1. The Morgan fingerprint density at radius 3 is 2.22 bits per heavy atom. The van der Waals surface area contributed by atoms with Gasteiger partial charge in [0.2, 0.25) is 0 Å². The molecule has 60 heavy (non-hydrogen) atoms. The Morgan fingerprint density at radius 2 is 1.57 bits per heavy atom. The van der Waals surface area contributed by atoms with Crippen LogP contribution in [-0.4, -0.2) is 75.6 Å². The monoisotopic (exact) mass is 859 g/mol. The van der Waals surface area contributed by atoms with E-state index in [1.54, 1.807) is 31.4 Å². The van der Waals surface area contributed by atoms with Gasteiger partial charge < -0.3 is 34.3 Å². The number of rotatable bonds is 29. The van der Waals surface area contributed by atoms with Crippen LogP contribution in [0.25, 0.3) is 5.52 Å². The van der Waals surface area contributed by atoms with Gasteiger partial charge in [0.15, 0.2) is 11.6 Å². The van der Waals surface area contributed by atoms with Crippen LogP contribution in [0.2, 0.25) is 0 Å². The van der Waals surface area contributed by atoms with Gasteiger partial charge in [-0.25, -0.2) is 18.5 Å². The van der Waals surface area contributed by atoms with Gasteiger partial charge in [0.1, 0.15) is 47.7 Å². The molecular formula is C44H67FN5O9P. The van der Waals surface area contributed by atoms with E-state index in [4.69, 9.17) is 38.5 Å². The normalized spacial score (nSPS) is 21.8. The van der Waals surface area contributed by atoms with E-state index in [2.05, 4.69) is 17.0 Å². The summed E-state index contributed by atoms with van der Waals surface area (Å²) in [5, 5.41) is 13.7. The molecule has 5 rings (SSSR count). The van der Waals surface area contributed by atoms with Crippen LogP contribution in [0.15, 0.2) is 36.7 Å². The van der Waals surface area contributed by atoms with Gasteiger partial charge in [0, 0.05) is 6.61 Å². The van der Waals surface area contributed by atoms with Crippen molar-refractivity contribution in [2.24, 2.45) is 0 Å². The highest BCUT2D eigenvalue weighted by atomic mass is 31.2. The summed E-state index contributed by atoms with van der Waals surface area (Å²) in [7, 11) is -4.69. The summed E-state index contributed by atoms with van der Waals surface area (Å²) in [6, 6.07) is 9.48. The lowest BCUT2D eigenvalue weighted by Crippen LogP contribution is -2.39. The zero-order valence-electron chi connectivity index (χ0n) is 36.0. The summed E-state index contributed by atoms with van der Waals surface area (Å²) in [6.45, 7) is 7.19. The van der Waals surface area contributed by atoms with Gasteiger partial charge in [-0.15, -0.1) is 0 Å². The molecule has 0 amide bonds. The maximum absolute atomic E-state index is 14.2. The van der Waals surface area contributed by atoms with E-state index >= 15 is 0 Å². The maximum atomic E-state index is 14.2. The van der Waals surface area contributed by atoms with E-state index in [0.717, 1.165) is 25.3 Å². The predicted molar refractivity (Wildman–Crippen MR) is 225 cm³/mol. The van der Waals surface area contributed by atoms with Gasteiger partial charge in [-0.05, 0) is 63.1 Å². The number of phosphoric acid groups is 1. The number of halogens is 1. The highest BCUT2D eigenvalue weighted by molar-refractivity contribution is 7.47. The summed E-state index contributed by atoms with van der Waals surface area (Å²) in [6.07, 6.45) is 19.0. The zero-order chi connectivity index (χ0) is 43.0. The number of hydrogen-bond acceptors (Lipinski definition) is 12. The van der Waals surface area contributed by atoms with Gasteiger partial charge in [0.25, 0.3) is 0 Å². The average Bonchev–Trinajstić information content (AvgIpc) is 3.89. The quantitative estimate of drug-likeness (QED) is 0.0498. The van der Waals surface area contributed by atoms with Gasteiger partial charge in [0.05, 0.1) is 43.8 Å². The summed E-state index contributed by atoms with van der Waals surface area (Å²) in [5.74, 6) is -1.21. The van der Waals surface area contributed by atoms with Crippen molar-refractivity contribution in [3.05, 3.63) is 59.3 Å².